The minimum atomic E-state index is -0.798. The van der Waals surface area contributed by atoms with Gasteiger partial charge in [-0.25, -0.2) is 9.98 Å². The predicted molar refractivity (Wildman–Crippen MR) is 126 cm³/mol. The Kier molecular flexibility index (Phi) is 8.16. The fraction of sp³-hybridized carbons (Fsp3) is 0.333. The number of hydrogen-bond donors (Lipinski definition) is 5. The summed E-state index contributed by atoms with van der Waals surface area (Å²) in [5.74, 6) is -1.44. The van der Waals surface area contributed by atoms with Gasteiger partial charge in [0.05, 0.1) is 23.8 Å². The standard InChI is InChI=1S/C24H28FN7O2/c25-21-13-18(7-12-29-21)32-22(27)19(23(28)34)15-31-24(10-11-26)8-5-17(6-9-24)30-14-16-3-1-2-4-20(16)33/h1-4,7,12-13,15,17,30-31,33H,5-6,8-10,14H2,(H2,28,34)(H2,27,29,32)/b19-15+. The van der Waals surface area contributed by atoms with E-state index < -0.39 is 17.4 Å². The van der Waals surface area contributed by atoms with Crippen molar-refractivity contribution in [3.05, 3.63) is 65.9 Å². The zero-order valence-electron chi connectivity index (χ0n) is 18.7. The van der Waals surface area contributed by atoms with Crippen LogP contribution in [0.15, 0.2) is 59.4 Å². The molecule has 2 aromatic rings. The van der Waals surface area contributed by atoms with Crippen LogP contribution in [-0.2, 0) is 11.3 Å². The topological polar surface area (TPSA) is 162 Å². The first-order valence-electron chi connectivity index (χ1n) is 10.9. The first kappa shape index (κ1) is 24.7. The fourth-order valence-electron chi connectivity index (χ4n) is 3.97. The Balaban J connectivity index is 1.67. The molecule has 0 aliphatic heterocycles. The van der Waals surface area contributed by atoms with Gasteiger partial charge in [0.2, 0.25) is 5.95 Å². The van der Waals surface area contributed by atoms with E-state index in [4.69, 9.17) is 11.5 Å². The molecule has 1 aromatic carbocycles. The monoisotopic (exact) mass is 465 g/mol. The molecule has 34 heavy (non-hydrogen) atoms. The average Bonchev–Trinajstić information content (AvgIpc) is 2.80. The van der Waals surface area contributed by atoms with Crippen LogP contribution in [0.1, 0.15) is 37.7 Å². The molecule has 1 aliphatic rings. The zero-order valence-corrected chi connectivity index (χ0v) is 18.7. The summed E-state index contributed by atoms with van der Waals surface area (Å²) in [5.41, 5.74) is 11.9. The Morgan fingerprint density at radius 2 is 2.06 bits per heavy atom. The molecule has 178 valence electrons. The minimum absolute atomic E-state index is 0.0608. The van der Waals surface area contributed by atoms with E-state index in [9.17, 15) is 19.6 Å². The van der Waals surface area contributed by atoms with E-state index in [1.54, 1.807) is 12.1 Å². The second-order valence-corrected chi connectivity index (χ2v) is 8.30. The number of nitrogens with two attached hydrogens (primary N) is 2. The van der Waals surface area contributed by atoms with Crippen molar-refractivity contribution in [1.82, 2.24) is 15.6 Å². The third-order valence-electron chi connectivity index (χ3n) is 5.96. The molecule has 0 radical (unpaired) electrons. The number of nitrogens with zero attached hydrogens (tertiary/aromatic N) is 3. The van der Waals surface area contributed by atoms with Gasteiger partial charge in [0.15, 0.2) is 0 Å². The number of carbonyl (C=O) groups is 1. The van der Waals surface area contributed by atoms with Crippen LogP contribution in [-0.4, -0.2) is 33.4 Å². The molecule has 1 heterocycles. The lowest BCUT2D eigenvalue weighted by molar-refractivity contribution is -0.114. The van der Waals surface area contributed by atoms with Gasteiger partial charge in [-0.2, -0.15) is 9.65 Å². The molecule has 1 amide bonds. The molecule has 0 saturated heterocycles. The van der Waals surface area contributed by atoms with Gasteiger partial charge in [-0.1, -0.05) is 18.2 Å². The van der Waals surface area contributed by atoms with E-state index in [2.05, 4.69) is 26.7 Å². The number of phenolic OH excluding ortho intramolecular Hbond substituents is 1. The molecule has 1 fully saturated rings. The van der Waals surface area contributed by atoms with Crippen molar-refractivity contribution in [2.75, 3.05) is 0 Å². The van der Waals surface area contributed by atoms with Crippen LogP contribution >= 0.6 is 0 Å². The van der Waals surface area contributed by atoms with Crippen molar-refractivity contribution >= 4 is 17.4 Å². The van der Waals surface area contributed by atoms with Gasteiger partial charge < -0.3 is 27.2 Å². The Bertz CT molecular complexity index is 1120. The lowest BCUT2D eigenvalue weighted by Crippen LogP contribution is -2.49. The summed E-state index contributed by atoms with van der Waals surface area (Å²) in [5, 5.41) is 26.0. The van der Waals surface area contributed by atoms with Crippen LogP contribution < -0.4 is 22.1 Å². The van der Waals surface area contributed by atoms with Gasteiger partial charge in [0.25, 0.3) is 5.91 Å². The van der Waals surface area contributed by atoms with Gasteiger partial charge in [0, 0.05) is 42.2 Å². The number of para-hydroxylation sites is 1. The zero-order chi connectivity index (χ0) is 24.6. The molecule has 10 heteroatoms. The predicted octanol–water partition coefficient (Wildman–Crippen LogP) is 2.26. The summed E-state index contributed by atoms with van der Waals surface area (Å²) in [4.78, 5) is 19.5. The molecule has 3 rings (SSSR count). The maximum atomic E-state index is 13.3. The first-order chi connectivity index (χ1) is 16.3. The molecule has 9 nitrogen and oxygen atoms in total. The number of primary amides is 1. The Labute approximate surface area is 197 Å². The molecule has 1 saturated carbocycles. The molecule has 0 spiro atoms. The van der Waals surface area contributed by atoms with E-state index in [0.29, 0.717) is 19.4 Å². The van der Waals surface area contributed by atoms with Crippen molar-refractivity contribution in [2.24, 2.45) is 16.5 Å². The highest BCUT2D eigenvalue weighted by molar-refractivity contribution is 6.20. The lowest BCUT2D eigenvalue weighted by Gasteiger charge is -2.39. The fourth-order valence-corrected chi connectivity index (χ4v) is 3.97. The third-order valence-corrected chi connectivity index (χ3v) is 5.96. The number of halogens is 1. The second-order valence-electron chi connectivity index (χ2n) is 8.30. The molecule has 1 aromatic heterocycles. The Morgan fingerprint density at radius 3 is 2.71 bits per heavy atom. The number of amides is 1. The maximum absolute atomic E-state index is 13.3. The molecule has 0 atom stereocenters. The minimum Gasteiger partial charge on any atom is -0.508 e. The molecule has 0 bridgehead atoms. The highest BCUT2D eigenvalue weighted by Crippen LogP contribution is 2.32. The van der Waals surface area contributed by atoms with Crippen LogP contribution in [0.5, 0.6) is 5.75 Å². The van der Waals surface area contributed by atoms with E-state index >= 15 is 0 Å². The number of carbonyl (C=O) groups excluding carboxylic acids is 1. The number of aromatic hydroxyl groups is 1. The number of hydrogen-bond acceptors (Lipinski definition) is 7. The molecule has 1 aliphatic carbocycles. The number of phenols is 1. The van der Waals surface area contributed by atoms with Crippen LogP contribution in [0.3, 0.4) is 0 Å². The molecular formula is C24H28FN7O2. The summed E-state index contributed by atoms with van der Waals surface area (Å²) in [6.45, 7) is 0.546. The van der Waals surface area contributed by atoms with Crippen molar-refractivity contribution in [3.63, 3.8) is 0 Å². The number of rotatable bonds is 9. The van der Waals surface area contributed by atoms with E-state index in [0.717, 1.165) is 24.5 Å². The van der Waals surface area contributed by atoms with Gasteiger partial charge in [-0.15, -0.1) is 0 Å². The number of nitrogens with one attached hydrogen (secondary N) is 2. The van der Waals surface area contributed by atoms with Gasteiger partial charge in [0.1, 0.15) is 11.6 Å². The van der Waals surface area contributed by atoms with Gasteiger partial charge in [-0.3, -0.25) is 4.79 Å². The highest BCUT2D eigenvalue weighted by atomic mass is 19.1. The normalized spacial score (nSPS) is 21.0. The number of benzene rings is 1. The largest absolute Gasteiger partial charge is 0.508 e. The summed E-state index contributed by atoms with van der Waals surface area (Å²) in [7, 11) is 0. The van der Waals surface area contributed by atoms with E-state index in [-0.39, 0.29) is 35.3 Å². The summed E-state index contributed by atoms with van der Waals surface area (Å²) in [6, 6.07) is 12.2. The number of pyridine rings is 1. The van der Waals surface area contributed by atoms with Crippen LogP contribution in [0.25, 0.3) is 0 Å². The number of nitriles is 1. The number of amidine groups is 1. The first-order valence-corrected chi connectivity index (χ1v) is 10.9. The summed E-state index contributed by atoms with van der Waals surface area (Å²) < 4.78 is 13.3. The van der Waals surface area contributed by atoms with Gasteiger partial charge in [-0.05, 0) is 37.8 Å². The smallest absolute Gasteiger partial charge is 0.253 e. The van der Waals surface area contributed by atoms with Crippen molar-refractivity contribution in [2.45, 2.75) is 50.2 Å². The van der Waals surface area contributed by atoms with Crippen LogP contribution in [0.4, 0.5) is 10.1 Å². The molecule has 0 unspecified atom stereocenters. The maximum Gasteiger partial charge on any atom is 0.253 e. The van der Waals surface area contributed by atoms with Gasteiger partial charge >= 0.3 is 0 Å². The van der Waals surface area contributed by atoms with Crippen LogP contribution in [0.2, 0.25) is 0 Å². The van der Waals surface area contributed by atoms with E-state index in [1.807, 2.05) is 12.1 Å². The summed E-state index contributed by atoms with van der Waals surface area (Å²) in [6.07, 6.45) is 5.80. The SMILES string of the molecule is N#CCC1(N/C=C(/C(N)=O)C(N)=Nc2ccnc(F)c2)CCC(NCc2ccccc2O)CC1. The quantitative estimate of drug-likeness (QED) is 0.164. The van der Waals surface area contributed by atoms with Crippen molar-refractivity contribution in [1.29, 1.82) is 5.26 Å². The molecular weight excluding hydrogens is 437 g/mol. The van der Waals surface area contributed by atoms with E-state index in [1.165, 1.54) is 18.5 Å². The Hall–Kier alpha value is -3.97. The second kappa shape index (κ2) is 11.2. The number of aliphatic imine (C=N–C) groups is 1. The van der Waals surface area contributed by atoms with Crippen molar-refractivity contribution in [3.8, 4) is 11.8 Å². The lowest BCUT2D eigenvalue weighted by atomic mass is 9.77. The summed E-state index contributed by atoms with van der Waals surface area (Å²) >= 11 is 0. The molecule has 7 N–H and O–H groups in total. The number of aromatic nitrogens is 1. The third kappa shape index (κ3) is 6.52. The van der Waals surface area contributed by atoms with Crippen molar-refractivity contribution < 1.29 is 14.3 Å². The highest BCUT2D eigenvalue weighted by Gasteiger charge is 2.34. The average molecular weight is 466 g/mol. The Morgan fingerprint density at radius 1 is 1.32 bits per heavy atom. The van der Waals surface area contributed by atoms with Crippen LogP contribution in [0, 0.1) is 17.3 Å².